The van der Waals surface area contributed by atoms with Crippen molar-refractivity contribution < 1.29 is 4.92 Å². The Labute approximate surface area is 84.7 Å². The van der Waals surface area contributed by atoms with Crippen LogP contribution >= 0.6 is 34.1 Å². The van der Waals surface area contributed by atoms with Gasteiger partial charge in [-0.25, -0.2) is 0 Å². The van der Waals surface area contributed by atoms with E-state index in [-0.39, 0.29) is 30.5 Å². The number of hydrogen-bond donors (Lipinski definition) is 0. The lowest BCUT2D eigenvalue weighted by atomic mass is 10.3. The first-order valence-corrected chi connectivity index (χ1v) is 3.28. The fourth-order valence-corrected chi connectivity index (χ4v) is 0.788. The molecule has 0 aliphatic rings. The van der Waals surface area contributed by atoms with Gasteiger partial charge in [-0.05, 0) is 17.4 Å². The smallest absolute Gasteiger partial charge is 0.258 e. The van der Waals surface area contributed by atoms with Crippen LogP contribution in [-0.4, -0.2) is 4.92 Å². The molecule has 0 radical (unpaired) electrons. The fourth-order valence-electron chi connectivity index (χ4n) is 0.596. The van der Waals surface area contributed by atoms with Crippen LogP contribution in [0.4, 0.5) is 5.69 Å². The summed E-state index contributed by atoms with van der Waals surface area (Å²) in [5, 5.41) is 11.1. The zero-order valence-corrected chi connectivity index (χ0v) is 8.75. The molecule has 0 aliphatic heterocycles. The zero-order valence-electron chi connectivity index (χ0n) is 5.97. The van der Waals surface area contributed by atoms with Gasteiger partial charge < -0.3 is 0 Å². The van der Waals surface area contributed by atoms with Crippen molar-refractivity contribution in [3.05, 3.63) is 34.4 Å². The third kappa shape index (κ3) is 3.86. The van der Waals surface area contributed by atoms with E-state index < -0.39 is 4.92 Å². The SMILES string of the molecule is Cl.Cl.O=[N+]([O-])c1ccc(P)cc1. The van der Waals surface area contributed by atoms with Crippen molar-refractivity contribution in [1.82, 2.24) is 0 Å². The summed E-state index contributed by atoms with van der Waals surface area (Å²) in [5.74, 6) is 0. The number of hydrogen-bond acceptors (Lipinski definition) is 2. The molecule has 0 saturated heterocycles. The monoisotopic (exact) mass is 227 g/mol. The molecule has 0 aliphatic carbocycles. The van der Waals surface area contributed by atoms with Crippen molar-refractivity contribution in [2.24, 2.45) is 0 Å². The number of benzene rings is 1. The topological polar surface area (TPSA) is 43.1 Å². The first-order chi connectivity index (χ1) is 4.70. The van der Waals surface area contributed by atoms with Crippen LogP contribution in [0.1, 0.15) is 0 Å². The average molecular weight is 228 g/mol. The number of nitro groups is 1. The number of non-ortho nitro benzene ring substituents is 1. The summed E-state index contributed by atoms with van der Waals surface area (Å²) in [7, 11) is 2.46. The summed E-state index contributed by atoms with van der Waals surface area (Å²) in [4.78, 5) is 9.70. The minimum Gasteiger partial charge on any atom is -0.258 e. The van der Waals surface area contributed by atoms with Crippen LogP contribution in [-0.2, 0) is 0 Å². The molecule has 0 spiro atoms. The van der Waals surface area contributed by atoms with Crippen LogP contribution in [0.5, 0.6) is 0 Å². The van der Waals surface area contributed by atoms with Gasteiger partial charge in [0.15, 0.2) is 0 Å². The van der Waals surface area contributed by atoms with E-state index in [0.717, 1.165) is 5.30 Å². The first kappa shape index (κ1) is 14.2. The molecule has 1 aromatic rings. The number of halogens is 2. The molecule has 12 heavy (non-hydrogen) atoms. The summed E-state index contributed by atoms with van der Waals surface area (Å²) >= 11 is 0. The minimum absolute atomic E-state index is 0. The van der Waals surface area contributed by atoms with Gasteiger partial charge in [-0.2, -0.15) is 0 Å². The third-order valence-corrected chi connectivity index (χ3v) is 1.49. The van der Waals surface area contributed by atoms with Crippen LogP contribution in [0.2, 0.25) is 0 Å². The molecule has 0 amide bonds. The van der Waals surface area contributed by atoms with E-state index in [2.05, 4.69) is 9.24 Å². The van der Waals surface area contributed by atoms with E-state index in [1.807, 2.05) is 0 Å². The van der Waals surface area contributed by atoms with E-state index in [1.165, 1.54) is 12.1 Å². The molecule has 3 nitrogen and oxygen atoms in total. The lowest BCUT2D eigenvalue weighted by Crippen LogP contribution is -1.91. The number of rotatable bonds is 1. The van der Waals surface area contributed by atoms with Gasteiger partial charge in [-0.15, -0.1) is 34.1 Å². The quantitative estimate of drug-likeness (QED) is 0.418. The summed E-state index contributed by atoms with van der Waals surface area (Å²) in [6.07, 6.45) is 0. The summed E-state index contributed by atoms with van der Waals surface area (Å²) in [5.41, 5.74) is 0.131. The first-order valence-electron chi connectivity index (χ1n) is 2.70. The van der Waals surface area contributed by atoms with Gasteiger partial charge in [-0.3, -0.25) is 10.1 Å². The van der Waals surface area contributed by atoms with Gasteiger partial charge in [0.05, 0.1) is 4.92 Å². The molecule has 0 bridgehead atoms. The van der Waals surface area contributed by atoms with Gasteiger partial charge in [0.25, 0.3) is 5.69 Å². The molecule has 1 rings (SSSR count). The van der Waals surface area contributed by atoms with Crippen LogP contribution in [0.15, 0.2) is 24.3 Å². The highest BCUT2D eigenvalue weighted by atomic mass is 35.5. The highest BCUT2D eigenvalue weighted by Crippen LogP contribution is 2.07. The lowest BCUT2D eigenvalue weighted by molar-refractivity contribution is -0.384. The second-order valence-electron chi connectivity index (χ2n) is 1.85. The van der Waals surface area contributed by atoms with E-state index >= 15 is 0 Å². The maximum absolute atomic E-state index is 10.1. The van der Waals surface area contributed by atoms with Gasteiger partial charge in [0.1, 0.15) is 0 Å². The number of nitrogens with zero attached hydrogens (tertiary/aromatic N) is 1. The van der Waals surface area contributed by atoms with Gasteiger partial charge >= 0.3 is 0 Å². The van der Waals surface area contributed by atoms with Crippen molar-refractivity contribution in [3.8, 4) is 0 Å². The predicted octanol–water partition coefficient (Wildman–Crippen LogP) is 1.94. The second kappa shape index (κ2) is 6.18. The van der Waals surface area contributed by atoms with Crippen molar-refractivity contribution in [3.63, 3.8) is 0 Å². The Morgan fingerprint density at radius 1 is 1.17 bits per heavy atom. The minimum atomic E-state index is -0.413. The second-order valence-corrected chi connectivity index (χ2v) is 2.52. The van der Waals surface area contributed by atoms with Gasteiger partial charge in [0.2, 0.25) is 0 Å². The molecular formula is C6H8Cl2NO2P. The zero-order chi connectivity index (χ0) is 7.56. The Balaban J connectivity index is 0. The molecule has 6 heteroatoms. The van der Waals surface area contributed by atoms with Crippen LogP contribution < -0.4 is 5.30 Å². The largest absolute Gasteiger partial charge is 0.269 e. The molecular weight excluding hydrogens is 220 g/mol. The summed E-state index contributed by atoms with van der Waals surface area (Å²) in [6, 6.07) is 6.32. The third-order valence-electron chi connectivity index (χ3n) is 1.10. The van der Waals surface area contributed by atoms with Crippen LogP contribution in [0.3, 0.4) is 0 Å². The predicted molar refractivity (Wildman–Crippen MR) is 56.9 cm³/mol. The van der Waals surface area contributed by atoms with E-state index in [4.69, 9.17) is 0 Å². The fraction of sp³-hybridized carbons (Fsp3) is 0. The highest BCUT2D eigenvalue weighted by Gasteiger charge is 2.00. The Hall–Kier alpha value is -0.370. The molecule has 1 atom stereocenters. The molecule has 0 N–H and O–H groups in total. The molecule has 0 heterocycles. The average Bonchev–Trinajstić information content (AvgIpc) is 1.88. The summed E-state index contributed by atoms with van der Waals surface area (Å²) in [6.45, 7) is 0. The van der Waals surface area contributed by atoms with Crippen molar-refractivity contribution >= 4 is 45.0 Å². The van der Waals surface area contributed by atoms with Crippen molar-refractivity contribution in [2.45, 2.75) is 0 Å². The normalized spacial score (nSPS) is 7.75. The van der Waals surface area contributed by atoms with Gasteiger partial charge in [-0.1, -0.05) is 0 Å². The molecule has 1 aromatic carbocycles. The molecule has 0 aromatic heterocycles. The van der Waals surface area contributed by atoms with E-state index in [9.17, 15) is 10.1 Å². The Morgan fingerprint density at radius 3 is 1.92 bits per heavy atom. The maximum atomic E-state index is 10.1. The van der Waals surface area contributed by atoms with Gasteiger partial charge in [0, 0.05) is 12.1 Å². The summed E-state index contributed by atoms with van der Waals surface area (Å²) < 4.78 is 0. The lowest BCUT2D eigenvalue weighted by Gasteiger charge is -1.89. The Kier molecular flexibility index (Phi) is 7.30. The van der Waals surface area contributed by atoms with Crippen LogP contribution in [0.25, 0.3) is 0 Å². The van der Waals surface area contributed by atoms with E-state index in [0.29, 0.717) is 0 Å². The highest BCUT2D eigenvalue weighted by molar-refractivity contribution is 7.27. The van der Waals surface area contributed by atoms with Crippen molar-refractivity contribution in [1.29, 1.82) is 0 Å². The molecule has 68 valence electrons. The molecule has 0 fully saturated rings. The molecule has 1 unspecified atom stereocenters. The maximum Gasteiger partial charge on any atom is 0.269 e. The molecule has 0 saturated carbocycles. The standard InChI is InChI=1S/C6H6NO2P.2ClH/c8-7(9)5-1-3-6(10)4-2-5;;/h1-4H,10H2;2*1H. The Morgan fingerprint density at radius 2 is 1.58 bits per heavy atom. The van der Waals surface area contributed by atoms with E-state index in [1.54, 1.807) is 12.1 Å². The van der Waals surface area contributed by atoms with Crippen LogP contribution in [0, 0.1) is 10.1 Å². The number of nitro benzene ring substituents is 1. The van der Waals surface area contributed by atoms with Crippen molar-refractivity contribution in [2.75, 3.05) is 0 Å². The Bertz CT molecular complexity index is 252.